The van der Waals surface area contributed by atoms with Gasteiger partial charge in [0.05, 0.1) is 5.56 Å². The maximum Gasteiger partial charge on any atom is 0.357 e. The molecule has 1 aromatic heterocycles. The molecule has 0 atom stereocenters. The summed E-state index contributed by atoms with van der Waals surface area (Å²) in [6.07, 6.45) is 2.93. The van der Waals surface area contributed by atoms with Gasteiger partial charge < -0.3 is 9.84 Å². The summed E-state index contributed by atoms with van der Waals surface area (Å²) in [6, 6.07) is 9.99. The molecule has 1 saturated heterocycles. The number of benzene rings is 1. The van der Waals surface area contributed by atoms with Gasteiger partial charge in [0.15, 0.2) is 0 Å². The Labute approximate surface area is 171 Å². The van der Waals surface area contributed by atoms with E-state index < -0.39 is 11.9 Å². The molecule has 1 N–H and O–H groups in total. The summed E-state index contributed by atoms with van der Waals surface area (Å²) >= 11 is 0. The van der Waals surface area contributed by atoms with Crippen LogP contribution in [0.2, 0.25) is 0 Å². The standard InChI is InChI=1S/C23H28N2O4/c1-22(2)12-18(13-23(3,4)25(22)5)29-21(28)19-10-9-17(14-24-19)15-7-6-8-16(11-15)20(26)27/h6-11,14,18H,12-13H2,1-5H3,(H,26,27). The zero-order valence-electron chi connectivity index (χ0n) is 17.6. The van der Waals surface area contributed by atoms with Gasteiger partial charge in [0.1, 0.15) is 11.8 Å². The molecular weight excluding hydrogens is 368 g/mol. The number of aromatic nitrogens is 1. The number of aromatic carboxylic acids is 1. The van der Waals surface area contributed by atoms with Crippen LogP contribution in [-0.4, -0.2) is 51.2 Å². The summed E-state index contributed by atoms with van der Waals surface area (Å²) in [5, 5.41) is 9.14. The Morgan fingerprint density at radius 3 is 2.28 bits per heavy atom. The van der Waals surface area contributed by atoms with Crippen LogP contribution in [0.4, 0.5) is 0 Å². The SMILES string of the molecule is CN1C(C)(C)CC(OC(=O)c2ccc(-c3cccc(C(=O)O)c3)cn2)CC1(C)C. The number of carboxylic acids is 1. The van der Waals surface area contributed by atoms with E-state index in [-0.39, 0.29) is 28.4 Å². The average Bonchev–Trinajstić information content (AvgIpc) is 2.66. The highest BCUT2D eigenvalue weighted by Crippen LogP contribution is 2.38. The normalized spacial score (nSPS) is 18.9. The number of esters is 1. The number of carboxylic acid groups (broad SMARTS) is 1. The number of rotatable bonds is 4. The topological polar surface area (TPSA) is 79.7 Å². The molecule has 6 nitrogen and oxygen atoms in total. The largest absolute Gasteiger partial charge is 0.478 e. The van der Waals surface area contributed by atoms with Crippen molar-refractivity contribution in [3.05, 3.63) is 53.9 Å². The molecule has 0 aliphatic carbocycles. The lowest BCUT2D eigenvalue weighted by molar-refractivity contribution is -0.0734. The molecule has 0 radical (unpaired) electrons. The van der Waals surface area contributed by atoms with Crippen molar-refractivity contribution in [2.75, 3.05) is 7.05 Å². The fourth-order valence-corrected chi connectivity index (χ4v) is 4.09. The van der Waals surface area contributed by atoms with E-state index in [1.807, 2.05) is 6.07 Å². The van der Waals surface area contributed by atoms with Crippen LogP contribution in [0.3, 0.4) is 0 Å². The van der Waals surface area contributed by atoms with Crippen LogP contribution in [0.1, 0.15) is 61.4 Å². The third-order valence-electron chi connectivity index (χ3n) is 5.96. The maximum atomic E-state index is 12.6. The van der Waals surface area contributed by atoms with Crippen LogP contribution in [0.5, 0.6) is 0 Å². The number of hydrogen-bond donors (Lipinski definition) is 1. The van der Waals surface area contributed by atoms with E-state index in [4.69, 9.17) is 9.84 Å². The quantitative estimate of drug-likeness (QED) is 0.778. The van der Waals surface area contributed by atoms with Gasteiger partial charge >= 0.3 is 11.9 Å². The fraction of sp³-hybridized carbons (Fsp3) is 0.435. The number of nitrogens with zero attached hydrogens (tertiary/aromatic N) is 2. The Hall–Kier alpha value is -2.73. The summed E-state index contributed by atoms with van der Waals surface area (Å²) in [5.41, 5.74) is 1.79. The smallest absolute Gasteiger partial charge is 0.357 e. The number of ether oxygens (including phenoxy) is 1. The summed E-state index contributed by atoms with van der Waals surface area (Å²) in [7, 11) is 2.11. The Kier molecular flexibility index (Phi) is 5.50. The number of carbonyl (C=O) groups excluding carboxylic acids is 1. The highest BCUT2D eigenvalue weighted by molar-refractivity contribution is 5.90. The van der Waals surface area contributed by atoms with E-state index in [0.717, 1.165) is 24.0 Å². The Morgan fingerprint density at radius 1 is 1.07 bits per heavy atom. The Balaban J connectivity index is 1.73. The molecule has 1 fully saturated rings. The molecular formula is C23H28N2O4. The average molecular weight is 396 g/mol. The van der Waals surface area contributed by atoms with Crippen molar-refractivity contribution in [3.63, 3.8) is 0 Å². The minimum atomic E-state index is -0.982. The van der Waals surface area contributed by atoms with E-state index in [0.29, 0.717) is 0 Å². The van der Waals surface area contributed by atoms with Crippen LogP contribution in [0.15, 0.2) is 42.6 Å². The molecule has 1 aliphatic rings. The molecule has 0 amide bonds. The number of piperidine rings is 1. The summed E-state index contributed by atoms with van der Waals surface area (Å²) in [5.74, 6) is -1.42. The van der Waals surface area contributed by atoms with Gasteiger partial charge in [-0.25, -0.2) is 14.6 Å². The number of pyridine rings is 1. The van der Waals surface area contributed by atoms with Crippen molar-refractivity contribution < 1.29 is 19.4 Å². The van der Waals surface area contributed by atoms with Gasteiger partial charge in [0, 0.05) is 35.7 Å². The van der Waals surface area contributed by atoms with Gasteiger partial charge in [-0.1, -0.05) is 18.2 Å². The summed E-state index contributed by atoms with van der Waals surface area (Å²) in [4.78, 5) is 30.4. The first-order chi connectivity index (χ1) is 13.5. The molecule has 6 heteroatoms. The number of hydrogen-bond acceptors (Lipinski definition) is 5. The molecule has 154 valence electrons. The molecule has 0 spiro atoms. The molecule has 1 aromatic carbocycles. The van der Waals surface area contributed by atoms with Crippen molar-refractivity contribution in [2.45, 2.75) is 57.7 Å². The van der Waals surface area contributed by atoms with Crippen LogP contribution in [-0.2, 0) is 4.74 Å². The Morgan fingerprint density at radius 2 is 1.72 bits per heavy atom. The second-order valence-corrected chi connectivity index (χ2v) is 8.94. The predicted molar refractivity (Wildman–Crippen MR) is 111 cm³/mol. The monoisotopic (exact) mass is 396 g/mol. The number of likely N-dealkylation sites (tertiary alicyclic amines) is 1. The van der Waals surface area contributed by atoms with Gasteiger partial charge in [-0.2, -0.15) is 0 Å². The van der Waals surface area contributed by atoms with Gasteiger partial charge in [0.25, 0.3) is 0 Å². The minimum absolute atomic E-state index is 0.0703. The molecule has 29 heavy (non-hydrogen) atoms. The van der Waals surface area contributed by atoms with Crippen LogP contribution >= 0.6 is 0 Å². The van der Waals surface area contributed by atoms with Gasteiger partial charge in [-0.15, -0.1) is 0 Å². The zero-order chi connectivity index (χ0) is 21.4. The minimum Gasteiger partial charge on any atom is -0.478 e. The van der Waals surface area contributed by atoms with E-state index in [1.54, 1.807) is 30.5 Å². The van der Waals surface area contributed by atoms with Gasteiger partial charge in [-0.3, -0.25) is 4.90 Å². The molecule has 0 saturated carbocycles. The first-order valence-electron chi connectivity index (χ1n) is 9.74. The molecule has 3 rings (SSSR count). The first kappa shape index (κ1) is 21.0. The lowest BCUT2D eigenvalue weighted by atomic mass is 9.79. The van der Waals surface area contributed by atoms with E-state index >= 15 is 0 Å². The van der Waals surface area contributed by atoms with E-state index in [1.165, 1.54) is 6.07 Å². The van der Waals surface area contributed by atoms with Crippen molar-refractivity contribution in [3.8, 4) is 11.1 Å². The molecule has 2 heterocycles. The van der Waals surface area contributed by atoms with Gasteiger partial charge in [-0.05, 0) is 58.5 Å². The van der Waals surface area contributed by atoms with E-state index in [2.05, 4.69) is 44.6 Å². The van der Waals surface area contributed by atoms with Crippen molar-refractivity contribution >= 4 is 11.9 Å². The second-order valence-electron chi connectivity index (χ2n) is 8.94. The summed E-state index contributed by atoms with van der Waals surface area (Å²) < 4.78 is 5.79. The lowest BCUT2D eigenvalue weighted by Gasteiger charge is -2.53. The molecule has 0 unspecified atom stereocenters. The zero-order valence-corrected chi connectivity index (χ0v) is 17.6. The molecule has 1 aliphatic heterocycles. The third-order valence-corrected chi connectivity index (χ3v) is 5.96. The molecule has 2 aromatic rings. The molecule has 0 bridgehead atoms. The maximum absolute atomic E-state index is 12.6. The fourth-order valence-electron chi connectivity index (χ4n) is 4.09. The highest BCUT2D eigenvalue weighted by atomic mass is 16.5. The lowest BCUT2D eigenvalue weighted by Crippen LogP contribution is -2.60. The van der Waals surface area contributed by atoms with Crippen molar-refractivity contribution in [1.82, 2.24) is 9.88 Å². The Bertz CT molecular complexity index is 901. The van der Waals surface area contributed by atoms with Gasteiger partial charge in [0.2, 0.25) is 0 Å². The highest BCUT2D eigenvalue weighted by Gasteiger charge is 2.44. The third kappa shape index (κ3) is 4.48. The van der Waals surface area contributed by atoms with Crippen LogP contribution in [0.25, 0.3) is 11.1 Å². The van der Waals surface area contributed by atoms with Crippen LogP contribution < -0.4 is 0 Å². The number of carbonyl (C=O) groups is 2. The predicted octanol–water partition coefficient (Wildman–Crippen LogP) is 4.26. The van der Waals surface area contributed by atoms with E-state index in [9.17, 15) is 9.59 Å². The van der Waals surface area contributed by atoms with Crippen molar-refractivity contribution in [2.24, 2.45) is 0 Å². The summed E-state index contributed by atoms with van der Waals surface area (Å²) in [6.45, 7) is 8.64. The first-order valence-corrected chi connectivity index (χ1v) is 9.74. The van der Waals surface area contributed by atoms with Crippen LogP contribution in [0, 0.1) is 0 Å². The van der Waals surface area contributed by atoms with Crippen molar-refractivity contribution in [1.29, 1.82) is 0 Å². The second kappa shape index (κ2) is 7.59.